The Hall–Kier alpha value is -3.19. The van der Waals surface area contributed by atoms with Gasteiger partial charge in [-0.2, -0.15) is 0 Å². The van der Waals surface area contributed by atoms with Crippen LogP contribution in [0.2, 0.25) is 0 Å². The first-order valence-electron chi connectivity index (χ1n) is 11.0. The van der Waals surface area contributed by atoms with Crippen molar-refractivity contribution < 1.29 is 14.6 Å². The Labute approximate surface area is 187 Å². The number of hydrogen-bond donors (Lipinski definition) is 1. The third-order valence-electron chi connectivity index (χ3n) is 6.39. The van der Waals surface area contributed by atoms with E-state index in [-0.39, 0.29) is 23.9 Å². The molecule has 0 saturated carbocycles. The molecule has 1 unspecified atom stereocenters. The molecule has 4 rings (SSSR count). The molecule has 1 aliphatic rings. The Morgan fingerprint density at radius 3 is 2.59 bits per heavy atom. The van der Waals surface area contributed by atoms with Crippen molar-refractivity contribution in [1.82, 2.24) is 14.5 Å². The number of carbonyl (C=O) groups is 1. The number of nitrogens with zero attached hydrogens (tertiary/aromatic N) is 3. The molecule has 0 spiro atoms. The molecule has 1 amide bonds. The normalized spacial score (nSPS) is 16.7. The van der Waals surface area contributed by atoms with Crippen molar-refractivity contribution in [2.45, 2.75) is 44.2 Å². The van der Waals surface area contributed by atoms with Crippen LogP contribution in [0.3, 0.4) is 0 Å². The minimum atomic E-state index is -1.05. The van der Waals surface area contributed by atoms with Crippen LogP contribution in [0, 0.1) is 0 Å². The Morgan fingerprint density at radius 1 is 1.19 bits per heavy atom. The standard InChI is InChI=1S/C25H29N3O4/c1-18(19-6-4-3-5-7-19)14-23(29)27-12-10-25(31,11-13-27)16-28-17-26-22-15-20(32-2)8-9-21(22)24(28)30/h3-9,15,17-18,31H,10-14,16H2,1-2H3. The molecule has 2 aromatic carbocycles. The molecule has 1 saturated heterocycles. The van der Waals surface area contributed by atoms with Gasteiger partial charge in [-0.3, -0.25) is 14.2 Å². The van der Waals surface area contributed by atoms with E-state index in [0.29, 0.717) is 49.0 Å². The van der Waals surface area contributed by atoms with E-state index in [1.54, 1.807) is 25.3 Å². The van der Waals surface area contributed by atoms with E-state index in [4.69, 9.17) is 4.74 Å². The number of carbonyl (C=O) groups excluding carboxylic acids is 1. The summed E-state index contributed by atoms with van der Waals surface area (Å²) >= 11 is 0. The summed E-state index contributed by atoms with van der Waals surface area (Å²) in [5.74, 6) is 0.881. The van der Waals surface area contributed by atoms with E-state index in [2.05, 4.69) is 11.9 Å². The van der Waals surface area contributed by atoms with Crippen LogP contribution in [0.1, 0.15) is 37.7 Å². The number of aromatic nitrogens is 2. The lowest BCUT2D eigenvalue weighted by molar-refractivity contribution is -0.136. The van der Waals surface area contributed by atoms with Crippen molar-refractivity contribution in [1.29, 1.82) is 0 Å². The Balaban J connectivity index is 1.39. The molecular formula is C25H29N3O4. The van der Waals surface area contributed by atoms with Gasteiger partial charge < -0.3 is 14.7 Å². The molecule has 1 aromatic heterocycles. The van der Waals surface area contributed by atoms with Crippen LogP contribution in [0.5, 0.6) is 5.75 Å². The van der Waals surface area contributed by atoms with Crippen LogP contribution in [-0.2, 0) is 11.3 Å². The van der Waals surface area contributed by atoms with Crippen molar-refractivity contribution in [2.24, 2.45) is 0 Å². The lowest BCUT2D eigenvalue weighted by Crippen LogP contribution is -2.49. The monoisotopic (exact) mass is 435 g/mol. The largest absolute Gasteiger partial charge is 0.497 e. The SMILES string of the molecule is COc1ccc2c(=O)n(CC3(O)CCN(C(=O)CC(C)c4ccccc4)CC3)cnc2c1. The summed E-state index contributed by atoms with van der Waals surface area (Å²) < 4.78 is 6.65. The van der Waals surface area contributed by atoms with Gasteiger partial charge in [0.25, 0.3) is 5.56 Å². The van der Waals surface area contributed by atoms with Crippen LogP contribution in [0.4, 0.5) is 0 Å². The minimum absolute atomic E-state index is 0.0990. The fourth-order valence-corrected chi connectivity index (χ4v) is 4.32. The molecule has 7 heteroatoms. The van der Waals surface area contributed by atoms with Crippen molar-refractivity contribution in [3.05, 3.63) is 70.8 Å². The highest BCUT2D eigenvalue weighted by atomic mass is 16.5. The number of fused-ring (bicyclic) bond motifs is 1. The van der Waals surface area contributed by atoms with Gasteiger partial charge in [0.15, 0.2) is 0 Å². The average Bonchev–Trinajstić information content (AvgIpc) is 2.81. The van der Waals surface area contributed by atoms with Gasteiger partial charge >= 0.3 is 0 Å². The van der Waals surface area contributed by atoms with E-state index < -0.39 is 5.60 Å². The van der Waals surface area contributed by atoms with Crippen LogP contribution >= 0.6 is 0 Å². The van der Waals surface area contributed by atoms with Gasteiger partial charge in [-0.15, -0.1) is 0 Å². The molecule has 1 atom stereocenters. The first kappa shape index (κ1) is 22.0. The molecule has 1 aliphatic heterocycles. The van der Waals surface area contributed by atoms with Crippen molar-refractivity contribution in [3.63, 3.8) is 0 Å². The number of rotatable bonds is 6. The summed E-state index contributed by atoms with van der Waals surface area (Å²) in [6, 6.07) is 15.2. The minimum Gasteiger partial charge on any atom is -0.497 e. The molecule has 1 fully saturated rings. The zero-order valence-electron chi connectivity index (χ0n) is 18.5. The first-order valence-corrected chi connectivity index (χ1v) is 11.0. The second kappa shape index (κ2) is 9.12. The summed E-state index contributed by atoms with van der Waals surface area (Å²) in [5.41, 5.74) is 0.468. The van der Waals surface area contributed by atoms with Gasteiger partial charge in [-0.1, -0.05) is 37.3 Å². The number of aliphatic hydroxyl groups is 1. The topological polar surface area (TPSA) is 84.7 Å². The number of ether oxygens (including phenoxy) is 1. The Kier molecular flexibility index (Phi) is 6.28. The van der Waals surface area contributed by atoms with E-state index in [1.165, 1.54) is 10.9 Å². The predicted molar refractivity (Wildman–Crippen MR) is 123 cm³/mol. The molecule has 7 nitrogen and oxygen atoms in total. The molecule has 168 valence electrons. The molecule has 32 heavy (non-hydrogen) atoms. The van der Waals surface area contributed by atoms with Crippen molar-refractivity contribution >= 4 is 16.8 Å². The second-order valence-electron chi connectivity index (χ2n) is 8.68. The highest BCUT2D eigenvalue weighted by molar-refractivity contribution is 5.79. The fraction of sp³-hybridized carbons (Fsp3) is 0.400. The molecule has 0 radical (unpaired) electrons. The highest BCUT2D eigenvalue weighted by Crippen LogP contribution is 2.26. The number of piperidine rings is 1. The molecule has 3 aromatic rings. The zero-order chi connectivity index (χ0) is 22.7. The van der Waals surface area contributed by atoms with Crippen LogP contribution in [-0.4, -0.2) is 51.3 Å². The predicted octanol–water partition coefficient (Wildman–Crippen LogP) is 2.95. The number of hydrogen-bond acceptors (Lipinski definition) is 5. The van der Waals surface area contributed by atoms with Gasteiger partial charge in [-0.05, 0) is 36.5 Å². The Morgan fingerprint density at radius 2 is 1.91 bits per heavy atom. The second-order valence-corrected chi connectivity index (χ2v) is 8.68. The van der Waals surface area contributed by atoms with Gasteiger partial charge in [0, 0.05) is 25.6 Å². The lowest BCUT2D eigenvalue weighted by atomic mass is 9.90. The van der Waals surface area contributed by atoms with Gasteiger partial charge in [0.2, 0.25) is 5.91 Å². The molecule has 0 bridgehead atoms. The maximum absolute atomic E-state index is 12.9. The maximum atomic E-state index is 12.9. The van der Waals surface area contributed by atoms with Gasteiger partial charge in [-0.25, -0.2) is 4.98 Å². The summed E-state index contributed by atoms with van der Waals surface area (Å²) in [6.07, 6.45) is 2.76. The quantitative estimate of drug-likeness (QED) is 0.644. The van der Waals surface area contributed by atoms with E-state index in [1.807, 2.05) is 35.2 Å². The average molecular weight is 436 g/mol. The number of likely N-dealkylation sites (tertiary alicyclic amines) is 1. The number of amides is 1. The molecule has 0 aliphatic carbocycles. The van der Waals surface area contributed by atoms with E-state index in [9.17, 15) is 14.7 Å². The summed E-state index contributed by atoms with van der Waals surface area (Å²) in [4.78, 5) is 31.8. The fourth-order valence-electron chi connectivity index (χ4n) is 4.32. The zero-order valence-corrected chi connectivity index (χ0v) is 18.5. The van der Waals surface area contributed by atoms with Crippen molar-refractivity contribution in [2.75, 3.05) is 20.2 Å². The molecule has 1 N–H and O–H groups in total. The van der Waals surface area contributed by atoms with Crippen LogP contribution in [0.25, 0.3) is 10.9 Å². The summed E-state index contributed by atoms with van der Waals surface area (Å²) in [5, 5.41) is 11.6. The van der Waals surface area contributed by atoms with Gasteiger partial charge in [0.1, 0.15) is 5.75 Å². The van der Waals surface area contributed by atoms with E-state index >= 15 is 0 Å². The smallest absolute Gasteiger partial charge is 0.261 e. The maximum Gasteiger partial charge on any atom is 0.261 e. The molecular weight excluding hydrogens is 406 g/mol. The van der Waals surface area contributed by atoms with Crippen LogP contribution < -0.4 is 10.3 Å². The number of benzene rings is 2. The third kappa shape index (κ3) is 4.67. The Bertz CT molecular complexity index is 1150. The lowest BCUT2D eigenvalue weighted by Gasteiger charge is -2.38. The van der Waals surface area contributed by atoms with Crippen LogP contribution in [0.15, 0.2) is 59.7 Å². The molecule has 2 heterocycles. The van der Waals surface area contributed by atoms with Crippen molar-refractivity contribution in [3.8, 4) is 5.75 Å². The highest BCUT2D eigenvalue weighted by Gasteiger charge is 2.35. The van der Waals surface area contributed by atoms with Gasteiger partial charge in [0.05, 0.1) is 36.5 Å². The summed E-state index contributed by atoms with van der Waals surface area (Å²) in [6.45, 7) is 3.17. The summed E-state index contributed by atoms with van der Waals surface area (Å²) in [7, 11) is 1.57. The van der Waals surface area contributed by atoms with E-state index in [0.717, 1.165) is 5.56 Å². The third-order valence-corrected chi connectivity index (χ3v) is 6.39. The first-order chi connectivity index (χ1) is 15.4. The number of methoxy groups -OCH3 is 1.